The van der Waals surface area contributed by atoms with Crippen LogP contribution in [0.5, 0.6) is 0 Å². The molecule has 0 bridgehead atoms. The van der Waals surface area contributed by atoms with Crippen molar-refractivity contribution in [2.75, 3.05) is 18.5 Å². The summed E-state index contributed by atoms with van der Waals surface area (Å²) < 4.78 is 32.7. The third-order valence-electron chi connectivity index (χ3n) is 4.34. The van der Waals surface area contributed by atoms with Crippen LogP contribution in [0.4, 0.5) is 14.5 Å². The molecule has 2 N–H and O–H groups in total. The minimum absolute atomic E-state index is 0.00398. The molecule has 7 heteroatoms. The van der Waals surface area contributed by atoms with Gasteiger partial charge >= 0.3 is 0 Å². The summed E-state index contributed by atoms with van der Waals surface area (Å²) in [6, 6.07) is 9.97. The molecule has 0 aromatic heterocycles. The van der Waals surface area contributed by atoms with Crippen molar-refractivity contribution < 1.29 is 23.1 Å². The molecule has 146 valence electrons. The fraction of sp³-hybridized carbons (Fsp3) is 0.238. The van der Waals surface area contributed by atoms with E-state index in [1.54, 1.807) is 24.3 Å². The third-order valence-corrected chi connectivity index (χ3v) is 4.34. The lowest BCUT2D eigenvalue weighted by Crippen LogP contribution is -2.32. The van der Waals surface area contributed by atoms with Gasteiger partial charge in [0.05, 0.1) is 17.4 Å². The average Bonchev–Trinajstić information content (AvgIpc) is 3.20. The van der Waals surface area contributed by atoms with Crippen LogP contribution < -0.4 is 10.6 Å². The fourth-order valence-electron chi connectivity index (χ4n) is 2.90. The second kappa shape index (κ2) is 9.23. The number of hydrogen-bond donors (Lipinski definition) is 2. The van der Waals surface area contributed by atoms with E-state index in [4.69, 9.17) is 4.74 Å². The molecule has 0 radical (unpaired) electrons. The highest BCUT2D eigenvalue weighted by molar-refractivity contribution is 6.07. The fourth-order valence-corrected chi connectivity index (χ4v) is 2.90. The molecule has 1 aliphatic heterocycles. The van der Waals surface area contributed by atoms with Gasteiger partial charge in [-0.25, -0.2) is 8.78 Å². The molecule has 1 heterocycles. The summed E-state index contributed by atoms with van der Waals surface area (Å²) in [7, 11) is 0. The molecule has 1 atom stereocenters. The Kier molecular flexibility index (Phi) is 6.49. The van der Waals surface area contributed by atoms with E-state index in [1.807, 2.05) is 0 Å². The van der Waals surface area contributed by atoms with Crippen LogP contribution in [0.25, 0.3) is 6.08 Å². The minimum atomic E-state index is -0.766. The maximum absolute atomic E-state index is 13.6. The number of rotatable bonds is 6. The second-order valence-electron chi connectivity index (χ2n) is 6.35. The number of nitrogens with one attached hydrogen (secondary N) is 2. The molecule has 0 aliphatic carbocycles. The maximum atomic E-state index is 13.6. The van der Waals surface area contributed by atoms with Crippen LogP contribution in [0, 0.1) is 11.6 Å². The van der Waals surface area contributed by atoms with E-state index >= 15 is 0 Å². The number of anilines is 1. The molecule has 0 unspecified atom stereocenters. The lowest BCUT2D eigenvalue weighted by atomic mass is 10.1. The van der Waals surface area contributed by atoms with E-state index in [1.165, 1.54) is 6.07 Å². The van der Waals surface area contributed by atoms with Crippen LogP contribution in [0.1, 0.15) is 28.8 Å². The predicted molar refractivity (Wildman–Crippen MR) is 102 cm³/mol. The third kappa shape index (κ3) is 5.01. The number of para-hydroxylation sites is 1. The number of amides is 2. The van der Waals surface area contributed by atoms with Gasteiger partial charge in [-0.05, 0) is 43.2 Å². The molecule has 0 saturated carbocycles. The van der Waals surface area contributed by atoms with Crippen LogP contribution in [-0.4, -0.2) is 31.1 Å². The number of ether oxygens (including phenoxy) is 1. The van der Waals surface area contributed by atoms with E-state index in [2.05, 4.69) is 10.6 Å². The molecule has 2 aromatic carbocycles. The van der Waals surface area contributed by atoms with Gasteiger partial charge in [-0.1, -0.05) is 18.2 Å². The quantitative estimate of drug-likeness (QED) is 0.747. The van der Waals surface area contributed by atoms with Gasteiger partial charge in [-0.15, -0.1) is 0 Å². The van der Waals surface area contributed by atoms with Crippen molar-refractivity contribution in [1.29, 1.82) is 0 Å². The van der Waals surface area contributed by atoms with Crippen molar-refractivity contribution in [3.05, 3.63) is 71.3 Å². The van der Waals surface area contributed by atoms with Crippen molar-refractivity contribution in [1.82, 2.24) is 5.32 Å². The highest BCUT2D eigenvalue weighted by Gasteiger charge is 2.18. The molecular formula is C21H20F2N2O3. The SMILES string of the molecule is O=C(/C=C/c1c(F)cccc1F)Nc1ccccc1C(=O)NC[C@H]1CCCO1. The Labute approximate surface area is 161 Å². The molecule has 1 saturated heterocycles. The summed E-state index contributed by atoms with van der Waals surface area (Å²) in [5.41, 5.74) is 0.288. The molecule has 1 aliphatic rings. The summed E-state index contributed by atoms with van der Waals surface area (Å²) in [6.45, 7) is 1.09. The lowest BCUT2D eigenvalue weighted by Gasteiger charge is -2.13. The summed E-state index contributed by atoms with van der Waals surface area (Å²) in [6.07, 6.45) is 3.95. The van der Waals surface area contributed by atoms with Gasteiger partial charge in [0.15, 0.2) is 0 Å². The summed E-state index contributed by atoms with van der Waals surface area (Å²) in [4.78, 5) is 24.6. The Morgan fingerprint density at radius 3 is 2.57 bits per heavy atom. The number of halogens is 2. The summed E-state index contributed by atoms with van der Waals surface area (Å²) in [5.74, 6) is -2.48. The zero-order chi connectivity index (χ0) is 19.9. The first-order valence-corrected chi connectivity index (χ1v) is 8.96. The molecule has 2 aromatic rings. The van der Waals surface area contributed by atoms with Gasteiger partial charge in [-0.3, -0.25) is 9.59 Å². The number of carbonyl (C=O) groups is 2. The van der Waals surface area contributed by atoms with Crippen LogP contribution in [-0.2, 0) is 9.53 Å². The van der Waals surface area contributed by atoms with Crippen LogP contribution in [0.3, 0.4) is 0 Å². The molecular weight excluding hydrogens is 366 g/mol. The first-order chi connectivity index (χ1) is 13.5. The van der Waals surface area contributed by atoms with E-state index in [-0.39, 0.29) is 17.6 Å². The van der Waals surface area contributed by atoms with Crippen molar-refractivity contribution in [2.24, 2.45) is 0 Å². The molecule has 1 fully saturated rings. The predicted octanol–water partition coefficient (Wildman–Crippen LogP) is 3.53. The number of benzene rings is 2. The van der Waals surface area contributed by atoms with Crippen LogP contribution in [0.2, 0.25) is 0 Å². The smallest absolute Gasteiger partial charge is 0.253 e. The van der Waals surface area contributed by atoms with E-state index in [0.717, 1.165) is 37.1 Å². The van der Waals surface area contributed by atoms with Gasteiger partial charge in [-0.2, -0.15) is 0 Å². The molecule has 2 amide bonds. The molecule has 28 heavy (non-hydrogen) atoms. The molecule has 0 spiro atoms. The van der Waals surface area contributed by atoms with Gasteiger partial charge in [0.25, 0.3) is 5.91 Å². The van der Waals surface area contributed by atoms with Crippen molar-refractivity contribution >= 4 is 23.6 Å². The second-order valence-corrected chi connectivity index (χ2v) is 6.35. The summed E-state index contributed by atoms with van der Waals surface area (Å²) >= 11 is 0. The van der Waals surface area contributed by atoms with Crippen LogP contribution >= 0.6 is 0 Å². The van der Waals surface area contributed by atoms with Crippen molar-refractivity contribution in [3.63, 3.8) is 0 Å². The largest absolute Gasteiger partial charge is 0.376 e. The average molecular weight is 386 g/mol. The molecule has 3 rings (SSSR count). The number of carbonyl (C=O) groups excluding carboxylic acids is 2. The zero-order valence-corrected chi connectivity index (χ0v) is 15.1. The van der Waals surface area contributed by atoms with Gasteiger partial charge in [0, 0.05) is 24.8 Å². The summed E-state index contributed by atoms with van der Waals surface area (Å²) in [5, 5.41) is 5.36. The van der Waals surface area contributed by atoms with E-state index in [0.29, 0.717) is 24.4 Å². The first kappa shape index (κ1) is 19.7. The number of hydrogen-bond acceptors (Lipinski definition) is 3. The van der Waals surface area contributed by atoms with Gasteiger partial charge < -0.3 is 15.4 Å². The van der Waals surface area contributed by atoms with Gasteiger partial charge in [0.1, 0.15) is 11.6 Å². The van der Waals surface area contributed by atoms with Gasteiger partial charge in [0.2, 0.25) is 5.91 Å². The Morgan fingerprint density at radius 2 is 1.86 bits per heavy atom. The topological polar surface area (TPSA) is 67.4 Å². The Bertz CT molecular complexity index is 873. The highest BCUT2D eigenvalue weighted by Crippen LogP contribution is 2.17. The van der Waals surface area contributed by atoms with E-state index < -0.39 is 17.5 Å². The molecule has 5 nitrogen and oxygen atoms in total. The Morgan fingerprint density at radius 1 is 1.11 bits per heavy atom. The van der Waals surface area contributed by atoms with E-state index in [9.17, 15) is 18.4 Å². The standard InChI is InChI=1S/C21H20F2N2O3/c22-17-7-3-8-18(23)15(17)10-11-20(26)25-19-9-2-1-6-16(19)21(27)24-13-14-5-4-12-28-14/h1-3,6-11,14H,4-5,12-13H2,(H,24,27)(H,25,26)/b11-10+/t14-/m1/s1. The Balaban J connectivity index is 1.66. The maximum Gasteiger partial charge on any atom is 0.253 e. The lowest BCUT2D eigenvalue weighted by molar-refractivity contribution is -0.111. The Hall–Kier alpha value is -3.06. The zero-order valence-electron chi connectivity index (χ0n) is 15.1. The minimum Gasteiger partial charge on any atom is -0.376 e. The van der Waals surface area contributed by atoms with Crippen molar-refractivity contribution in [3.8, 4) is 0 Å². The highest BCUT2D eigenvalue weighted by atomic mass is 19.1. The monoisotopic (exact) mass is 386 g/mol. The normalized spacial score (nSPS) is 16.3. The van der Waals surface area contributed by atoms with Crippen LogP contribution in [0.15, 0.2) is 48.5 Å². The first-order valence-electron chi connectivity index (χ1n) is 8.96. The van der Waals surface area contributed by atoms with Crippen molar-refractivity contribution in [2.45, 2.75) is 18.9 Å².